The Morgan fingerprint density at radius 1 is 1.33 bits per heavy atom. The summed E-state index contributed by atoms with van der Waals surface area (Å²) in [5.41, 5.74) is 3.65. The lowest BCUT2D eigenvalue weighted by atomic mass is 10.3. The molecule has 94 valence electrons. The summed E-state index contributed by atoms with van der Waals surface area (Å²) in [6.07, 6.45) is 5.68. The molecule has 2 heterocycles. The van der Waals surface area contributed by atoms with Crippen molar-refractivity contribution in [3.05, 3.63) is 36.0 Å². The molecule has 1 aliphatic rings. The van der Waals surface area contributed by atoms with Gasteiger partial charge in [-0.1, -0.05) is 0 Å². The van der Waals surface area contributed by atoms with Gasteiger partial charge in [0, 0.05) is 24.1 Å². The molecular weight excluding hydrogens is 230 g/mol. The molecule has 0 unspecified atom stereocenters. The molecule has 1 aliphatic carbocycles. The van der Waals surface area contributed by atoms with Crippen molar-refractivity contribution in [1.82, 2.24) is 9.97 Å². The summed E-state index contributed by atoms with van der Waals surface area (Å²) in [4.78, 5) is 8.85. The molecule has 2 aromatic heterocycles. The van der Waals surface area contributed by atoms with E-state index in [-0.39, 0.29) is 0 Å². The number of rotatable bonds is 5. The Bertz CT molecular complexity index is 521. The molecule has 0 saturated heterocycles. The number of nitrogen functional groups attached to an aromatic ring is 1. The van der Waals surface area contributed by atoms with Crippen LogP contribution in [0.3, 0.4) is 0 Å². The lowest BCUT2D eigenvalue weighted by molar-refractivity contribution is 0.564. The van der Waals surface area contributed by atoms with Crippen molar-refractivity contribution in [1.29, 1.82) is 0 Å². The van der Waals surface area contributed by atoms with E-state index in [0.717, 1.165) is 30.0 Å². The summed E-state index contributed by atoms with van der Waals surface area (Å²) in [7, 11) is 0. The first kappa shape index (κ1) is 11.0. The Labute approximate surface area is 105 Å². The Kier molecular flexibility index (Phi) is 2.85. The number of anilines is 2. The zero-order valence-corrected chi connectivity index (χ0v) is 9.89. The van der Waals surface area contributed by atoms with E-state index < -0.39 is 0 Å². The number of furan rings is 1. The molecule has 0 bridgehead atoms. The van der Waals surface area contributed by atoms with Crippen LogP contribution in [0.25, 0.3) is 0 Å². The molecule has 0 radical (unpaired) electrons. The molecule has 18 heavy (non-hydrogen) atoms. The molecule has 0 atom stereocenters. The molecule has 0 spiro atoms. The van der Waals surface area contributed by atoms with Crippen LogP contribution in [0.15, 0.2) is 29.1 Å². The minimum absolute atomic E-state index is 0.493. The van der Waals surface area contributed by atoms with Crippen LogP contribution < -0.4 is 16.6 Å². The number of nitrogens with one attached hydrogen (secondary N) is 2. The highest BCUT2D eigenvalue weighted by molar-refractivity contribution is 5.47. The van der Waals surface area contributed by atoms with Crippen molar-refractivity contribution in [2.75, 3.05) is 10.7 Å². The largest absolute Gasteiger partial charge is 0.472 e. The van der Waals surface area contributed by atoms with Crippen molar-refractivity contribution in [2.24, 2.45) is 5.84 Å². The molecule has 3 rings (SSSR count). The summed E-state index contributed by atoms with van der Waals surface area (Å²) >= 11 is 0. The van der Waals surface area contributed by atoms with Crippen molar-refractivity contribution in [2.45, 2.75) is 25.3 Å². The SMILES string of the molecule is NNc1cc(NCc2ccoc2)nc(C2CC2)n1. The summed E-state index contributed by atoms with van der Waals surface area (Å²) in [5, 5.41) is 3.24. The maximum Gasteiger partial charge on any atom is 0.145 e. The summed E-state index contributed by atoms with van der Waals surface area (Å²) in [5.74, 6) is 8.19. The molecule has 0 aliphatic heterocycles. The number of nitrogens with two attached hydrogens (primary N) is 1. The standard InChI is InChI=1S/C12H15N5O/c13-17-11-5-10(14-6-8-3-4-18-7-8)15-12(16-11)9-1-2-9/h3-5,7,9H,1-2,6,13H2,(H2,14,15,16,17). The minimum Gasteiger partial charge on any atom is -0.472 e. The number of hydrazine groups is 1. The van der Waals surface area contributed by atoms with Crippen LogP contribution in [0.1, 0.15) is 30.1 Å². The summed E-state index contributed by atoms with van der Waals surface area (Å²) in [6, 6.07) is 3.71. The van der Waals surface area contributed by atoms with Crippen molar-refractivity contribution >= 4 is 11.6 Å². The predicted molar refractivity (Wildman–Crippen MR) is 67.9 cm³/mol. The maximum atomic E-state index is 5.42. The summed E-state index contributed by atoms with van der Waals surface area (Å²) in [6.45, 7) is 0.668. The average molecular weight is 245 g/mol. The molecular formula is C12H15N5O. The number of hydrogen-bond acceptors (Lipinski definition) is 6. The second-order valence-corrected chi connectivity index (χ2v) is 4.40. The molecule has 6 heteroatoms. The number of aromatic nitrogens is 2. The molecule has 1 saturated carbocycles. The van der Waals surface area contributed by atoms with Gasteiger partial charge in [0.1, 0.15) is 17.5 Å². The third-order valence-corrected chi connectivity index (χ3v) is 2.89. The highest BCUT2D eigenvalue weighted by atomic mass is 16.3. The van der Waals surface area contributed by atoms with E-state index in [1.165, 1.54) is 0 Å². The van der Waals surface area contributed by atoms with Crippen LogP contribution in [-0.2, 0) is 6.54 Å². The number of nitrogens with zero attached hydrogens (tertiary/aromatic N) is 2. The van der Waals surface area contributed by atoms with E-state index in [0.29, 0.717) is 18.3 Å². The predicted octanol–water partition coefficient (Wildman–Crippen LogP) is 1.84. The zero-order chi connectivity index (χ0) is 12.4. The molecule has 1 fully saturated rings. The molecule has 0 amide bonds. The van der Waals surface area contributed by atoms with Crippen LogP contribution in [0.4, 0.5) is 11.6 Å². The van der Waals surface area contributed by atoms with Gasteiger partial charge < -0.3 is 15.2 Å². The van der Waals surface area contributed by atoms with Crippen LogP contribution in [0, 0.1) is 0 Å². The van der Waals surface area contributed by atoms with Gasteiger partial charge >= 0.3 is 0 Å². The fourth-order valence-corrected chi connectivity index (χ4v) is 1.74. The lowest BCUT2D eigenvalue weighted by Gasteiger charge is -2.08. The third-order valence-electron chi connectivity index (χ3n) is 2.89. The molecule has 0 aromatic carbocycles. The Hall–Kier alpha value is -2.08. The quantitative estimate of drug-likeness (QED) is 0.550. The average Bonchev–Trinajstić information content (AvgIpc) is 3.13. The van der Waals surface area contributed by atoms with E-state index in [4.69, 9.17) is 10.3 Å². The fourth-order valence-electron chi connectivity index (χ4n) is 1.74. The van der Waals surface area contributed by atoms with Gasteiger partial charge in [0.15, 0.2) is 0 Å². The maximum absolute atomic E-state index is 5.42. The van der Waals surface area contributed by atoms with E-state index in [1.807, 2.05) is 6.07 Å². The van der Waals surface area contributed by atoms with E-state index in [2.05, 4.69) is 20.7 Å². The smallest absolute Gasteiger partial charge is 0.145 e. The fraction of sp³-hybridized carbons (Fsp3) is 0.333. The van der Waals surface area contributed by atoms with Crippen LogP contribution in [-0.4, -0.2) is 9.97 Å². The Morgan fingerprint density at radius 3 is 2.83 bits per heavy atom. The van der Waals surface area contributed by atoms with Crippen LogP contribution >= 0.6 is 0 Å². The van der Waals surface area contributed by atoms with Gasteiger partial charge in [0.2, 0.25) is 0 Å². The van der Waals surface area contributed by atoms with Crippen molar-refractivity contribution < 1.29 is 4.42 Å². The van der Waals surface area contributed by atoms with E-state index in [1.54, 1.807) is 18.6 Å². The van der Waals surface area contributed by atoms with Gasteiger partial charge in [0.25, 0.3) is 0 Å². The van der Waals surface area contributed by atoms with Gasteiger partial charge in [-0.15, -0.1) is 0 Å². The first-order valence-electron chi connectivity index (χ1n) is 5.95. The second kappa shape index (κ2) is 4.66. The first-order chi connectivity index (χ1) is 8.85. The first-order valence-corrected chi connectivity index (χ1v) is 5.95. The lowest BCUT2D eigenvalue weighted by Crippen LogP contribution is -2.12. The Balaban J connectivity index is 1.75. The van der Waals surface area contributed by atoms with Gasteiger partial charge in [-0.05, 0) is 18.9 Å². The Morgan fingerprint density at radius 2 is 2.17 bits per heavy atom. The minimum atomic E-state index is 0.493. The van der Waals surface area contributed by atoms with E-state index >= 15 is 0 Å². The van der Waals surface area contributed by atoms with Gasteiger partial charge in [0.05, 0.1) is 12.5 Å². The number of hydrogen-bond donors (Lipinski definition) is 3. The van der Waals surface area contributed by atoms with Crippen molar-refractivity contribution in [3.8, 4) is 0 Å². The molecule has 6 nitrogen and oxygen atoms in total. The monoisotopic (exact) mass is 245 g/mol. The van der Waals surface area contributed by atoms with E-state index in [9.17, 15) is 0 Å². The van der Waals surface area contributed by atoms with Crippen LogP contribution in [0.2, 0.25) is 0 Å². The van der Waals surface area contributed by atoms with Crippen LogP contribution in [0.5, 0.6) is 0 Å². The summed E-state index contributed by atoms with van der Waals surface area (Å²) < 4.78 is 5.01. The van der Waals surface area contributed by atoms with Crippen molar-refractivity contribution in [3.63, 3.8) is 0 Å². The zero-order valence-electron chi connectivity index (χ0n) is 9.89. The topological polar surface area (TPSA) is 89.0 Å². The molecule has 4 N–H and O–H groups in total. The van der Waals surface area contributed by atoms with Gasteiger partial charge in [-0.2, -0.15) is 0 Å². The second-order valence-electron chi connectivity index (χ2n) is 4.40. The highest BCUT2D eigenvalue weighted by Gasteiger charge is 2.27. The highest BCUT2D eigenvalue weighted by Crippen LogP contribution is 2.38. The third kappa shape index (κ3) is 2.43. The van der Waals surface area contributed by atoms with Gasteiger partial charge in [-0.3, -0.25) is 0 Å². The molecule has 2 aromatic rings. The van der Waals surface area contributed by atoms with Gasteiger partial charge in [-0.25, -0.2) is 15.8 Å². The normalized spacial score (nSPS) is 14.5.